The van der Waals surface area contributed by atoms with E-state index in [1.54, 1.807) is 12.1 Å². The van der Waals surface area contributed by atoms with E-state index in [1.807, 2.05) is 45.0 Å². The summed E-state index contributed by atoms with van der Waals surface area (Å²) in [7, 11) is 0. The number of nitrogens with zero attached hydrogens (tertiary/aromatic N) is 2. The van der Waals surface area contributed by atoms with Crippen LogP contribution in [-0.4, -0.2) is 34.7 Å². The van der Waals surface area contributed by atoms with Gasteiger partial charge in [0.05, 0.1) is 5.56 Å². The number of aryl methyl sites for hydroxylation is 1. The van der Waals surface area contributed by atoms with E-state index in [9.17, 15) is 9.59 Å². The molecule has 0 saturated heterocycles. The third-order valence-corrected chi connectivity index (χ3v) is 4.87. The molecular weight excluding hydrogens is 376 g/mol. The van der Waals surface area contributed by atoms with Crippen LogP contribution in [-0.2, 0) is 11.2 Å². The minimum Gasteiger partial charge on any atom is -0.483 e. The second-order valence-electron chi connectivity index (χ2n) is 6.52. The van der Waals surface area contributed by atoms with Gasteiger partial charge in [-0.15, -0.1) is 10.2 Å². The SMILES string of the molecule is CCc1nnc(NC(=O)c2cc3ccccc3cc2OCC(=O)NC(C)C)s1. The van der Waals surface area contributed by atoms with Gasteiger partial charge in [-0.2, -0.15) is 0 Å². The summed E-state index contributed by atoms with van der Waals surface area (Å²) in [5, 5.41) is 16.6. The highest BCUT2D eigenvalue weighted by molar-refractivity contribution is 7.15. The molecule has 1 heterocycles. The van der Waals surface area contributed by atoms with Crippen LogP contribution in [0, 0.1) is 0 Å². The lowest BCUT2D eigenvalue weighted by atomic mass is 10.1. The summed E-state index contributed by atoms with van der Waals surface area (Å²) in [6, 6.07) is 11.2. The van der Waals surface area contributed by atoms with E-state index in [2.05, 4.69) is 20.8 Å². The van der Waals surface area contributed by atoms with Crippen molar-refractivity contribution in [1.82, 2.24) is 15.5 Å². The van der Waals surface area contributed by atoms with Crippen LogP contribution in [0.25, 0.3) is 10.8 Å². The first-order valence-corrected chi connectivity index (χ1v) is 9.86. The lowest BCUT2D eigenvalue weighted by molar-refractivity contribution is -0.123. The second kappa shape index (κ2) is 8.79. The summed E-state index contributed by atoms with van der Waals surface area (Å²) in [6.45, 7) is 5.55. The van der Waals surface area contributed by atoms with Crippen molar-refractivity contribution in [2.24, 2.45) is 0 Å². The van der Waals surface area contributed by atoms with Crippen LogP contribution in [0.1, 0.15) is 36.1 Å². The monoisotopic (exact) mass is 398 g/mol. The zero-order chi connectivity index (χ0) is 20.1. The number of aromatic nitrogens is 2. The van der Waals surface area contributed by atoms with Crippen molar-refractivity contribution in [1.29, 1.82) is 0 Å². The van der Waals surface area contributed by atoms with Gasteiger partial charge >= 0.3 is 0 Å². The Bertz CT molecular complexity index is 1000. The maximum atomic E-state index is 12.8. The third kappa shape index (κ3) is 4.83. The fourth-order valence-electron chi connectivity index (χ4n) is 2.63. The zero-order valence-corrected chi connectivity index (χ0v) is 16.8. The standard InChI is InChI=1S/C20H22N4O3S/c1-4-18-23-24-20(28-18)22-19(26)15-9-13-7-5-6-8-14(13)10-16(15)27-11-17(25)21-12(2)3/h5-10,12H,4,11H2,1-3H3,(H,21,25)(H,22,24,26). The summed E-state index contributed by atoms with van der Waals surface area (Å²) >= 11 is 1.33. The largest absolute Gasteiger partial charge is 0.483 e. The minimum atomic E-state index is -0.358. The molecule has 0 spiro atoms. The van der Waals surface area contributed by atoms with Gasteiger partial charge in [0.25, 0.3) is 11.8 Å². The van der Waals surface area contributed by atoms with Gasteiger partial charge < -0.3 is 10.1 Å². The molecule has 7 nitrogen and oxygen atoms in total. The number of anilines is 1. The van der Waals surface area contributed by atoms with Gasteiger partial charge in [0.2, 0.25) is 5.13 Å². The van der Waals surface area contributed by atoms with Crippen LogP contribution < -0.4 is 15.4 Å². The van der Waals surface area contributed by atoms with E-state index in [0.29, 0.717) is 16.4 Å². The number of hydrogen-bond acceptors (Lipinski definition) is 6. The molecule has 0 saturated carbocycles. The average molecular weight is 398 g/mol. The first-order valence-electron chi connectivity index (χ1n) is 9.05. The number of ether oxygens (including phenoxy) is 1. The molecule has 1 aromatic heterocycles. The molecule has 3 rings (SSSR count). The highest BCUT2D eigenvalue weighted by Crippen LogP contribution is 2.27. The molecule has 28 heavy (non-hydrogen) atoms. The quantitative estimate of drug-likeness (QED) is 0.636. The Morgan fingerprint density at radius 1 is 1.14 bits per heavy atom. The topological polar surface area (TPSA) is 93.2 Å². The van der Waals surface area contributed by atoms with Crippen LogP contribution in [0.4, 0.5) is 5.13 Å². The molecule has 0 bridgehead atoms. The van der Waals surface area contributed by atoms with Crippen molar-refractivity contribution >= 4 is 39.1 Å². The number of carbonyl (C=O) groups excluding carboxylic acids is 2. The van der Waals surface area contributed by atoms with Crippen LogP contribution >= 0.6 is 11.3 Å². The van der Waals surface area contributed by atoms with Crippen LogP contribution in [0.3, 0.4) is 0 Å². The molecule has 8 heteroatoms. The Labute approximate surface area is 167 Å². The molecule has 0 aliphatic rings. The van der Waals surface area contributed by atoms with Gasteiger partial charge in [0, 0.05) is 6.04 Å². The first kappa shape index (κ1) is 19.8. The molecule has 2 aromatic carbocycles. The third-order valence-electron chi connectivity index (χ3n) is 3.89. The summed E-state index contributed by atoms with van der Waals surface area (Å²) in [4.78, 5) is 24.8. The van der Waals surface area contributed by atoms with Crippen LogP contribution in [0.15, 0.2) is 36.4 Å². The zero-order valence-electron chi connectivity index (χ0n) is 16.0. The number of fused-ring (bicyclic) bond motifs is 1. The van der Waals surface area contributed by atoms with Gasteiger partial charge in [0.1, 0.15) is 10.8 Å². The summed E-state index contributed by atoms with van der Waals surface area (Å²) in [5.74, 6) is -0.259. The van der Waals surface area contributed by atoms with Crippen molar-refractivity contribution in [2.75, 3.05) is 11.9 Å². The summed E-state index contributed by atoms with van der Waals surface area (Å²) in [5.41, 5.74) is 0.337. The van der Waals surface area contributed by atoms with E-state index in [4.69, 9.17) is 4.74 Å². The normalized spacial score (nSPS) is 10.9. The molecule has 0 radical (unpaired) electrons. The van der Waals surface area contributed by atoms with Crippen molar-refractivity contribution in [3.63, 3.8) is 0 Å². The van der Waals surface area contributed by atoms with Gasteiger partial charge in [-0.25, -0.2) is 0 Å². The van der Waals surface area contributed by atoms with Gasteiger partial charge in [-0.1, -0.05) is 42.5 Å². The molecule has 0 aliphatic carbocycles. The van der Waals surface area contributed by atoms with Crippen molar-refractivity contribution in [2.45, 2.75) is 33.2 Å². The maximum Gasteiger partial charge on any atom is 0.261 e. The van der Waals surface area contributed by atoms with E-state index < -0.39 is 0 Å². The Morgan fingerprint density at radius 2 is 1.86 bits per heavy atom. The van der Waals surface area contributed by atoms with Gasteiger partial charge in [-0.05, 0) is 43.2 Å². The van der Waals surface area contributed by atoms with Crippen LogP contribution in [0.2, 0.25) is 0 Å². The Kier molecular flexibility index (Phi) is 6.20. The average Bonchev–Trinajstić information content (AvgIpc) is 3.12. The van der Waals surface area contributed by atoms with E-state index in [1.165, 1.54) is 11.3 Å². The maximum absolute atomic E-state index is 12.8. The molecule has 2 N–H and O–H groups in total. The lowest BCUT2D eigenvalue weighted by Crippen LogP contribution is -2.34. The molecule has 0 fully saturated rings. The van der Waals surface area contributed by atoms with Crippen molar-refractivity contribution in [3.05, 3.63) is 47.0 Å². The molecule has 0 unspecified atom stereocenters. The number of carbonyl (C=O) groups is 2. The fourth-order valence-corrected chi connectivity index (χ4v) is 3.31. The fraction of sp³-hybridized carbons (Fsp3) is 0.300. The Balaban J connectivity index is 1.87. The van der Waals surface area contributed by atoms with E-state index in [-0.39, 0.29) is 24.5 Å². The van der Waals surface area contributed by atoms with Crippen molar-refractivity contribution in [3.8, 4) is 5.75 Å². The Morgan fingerprint density at radius 3 is 2.50 bits per heavy atom. The summed E-state index contributed by atoms with van der Waals surface area (Å²) < 4.78 is 5.69. The number of hydrogen-bond donors (Lipinski definition) is 2. The lowest BCUT2D eigenvalue weighted by Gasteiger charge is -2.13. The molecule has 3 aromatic rings. The summed E-state index contributed by atoms with van der Waals surface area (Å²) in [6.07, 6.45) is 0.753. The smallest absolute Gasteiger partial charge is 0.261 e. The predicted molar refractivity (Wildman–Crippen MR) is 110 cm³/mol. The van der Waals surface area contributed by atoms with Gasteiger partial charge in [-0.3, -0.25) is 14.9 Å². The second-order valence-corrected chi connectivity index (χ2v) is 7.58. The molecular formula is C20H22N4O3S. The molecule has 0 atom stereocenters. The number of rotatable bonds is 7. The minimum absolute atomic E-state index is 0.0145. The number of nitrogens with one attached hydrogen (secondary N) is 2. The van der Waals surface area contributed by atoms with Crippen LogP contribution in [0.5, 0.6) is 5.75 Å². The van der Waals surface area contributed by atoms with E-state index in [0.717, 1.165) is 22.2 Å². The highest BCUT2D eigenvalue weighted by Gasteiger charge is 2.17. The first-order chi connectivity index (χ1) is 13.5. The molecule has 0 aliphatic heterocycles. The highest BCUT2D eigenvalue weighted by atomic mass is 32.1. The van der Waals surface area contributed by atoms with Crippen molar-refractivity contribution < 1.29 is 14.3 Å². The predicted octanol–water partition coefficient (Wildman–Crippen LogP) is 3.41. The van der Waals surface area contributed by atoms with Gasteiger partial charge in [0.15, 0.2) is 6.61 Å². The number of benzene rings is 2. The number of amides is 2. The Hall–Kier alpha value is -3.00. The molecule has 2 amide bonds. The molecule has 146 valence electrons. The van der Waals surface area contributed by atoms with E-state index >= 15 is 0 Å².